The maximum Gasteiger partial charge on any atom is 0.303 e. The molecule has 0 spiro atoms. The lowest BCUT2D eigenvalue weighted by Crippen LogP contribution is -2.15. The molecule has 0 saturated heterocycles. The number of carbonyl (C=O) groups is 3. The highest BCUT2D eigenvalue weighted by Gasteiger charge is 2.09. The Labute approximate surface area is 166 Å². The van der Waals surface area contributed by atoms with Gasteiger partial charge in [-0.25, -0.2) is 0 Å². The van der Waals surface area contributed by atoms with E-state index in [1.54, 1.807) is 30.3 Å². The summed E-state index contributed by atoms with van der Waals surface area (Å²) in [4.78, 5) is 35.2. The van der Waals surface area contributed by atoms with Crippen LogP contribution in [0.15, 0.2) is 47.4 Å². The second-order valence-corrected chi connectivity index (χ2v) is 7.25. The zero-order chi connectivity index (χ0) is 19.8. The lowest BCUT2D eigenvalue weighted by Gasteiger charge is -2.09. The van der Waals surface area contributed by atoms with Crippen LogP contribution in [0.5, 0.6) is 0 Å². The number of thioether (sulfide) groups is 1. The Balaban J connectivity index is 1.88. The van der Waals surface area contributed by atoms with E-state index in [1.807, 2.05) is 19.1 Å². The molecule has 0 aliphatic rings. The maximum absolute atomic E-state index is 12.2. The largest absolute Gasteiger partial charge is 0.481 e. The Morgan fingerprint density at radius 3 is 2.56 bits per heavy atom. The van der Waals surface area contributed by atoms with E-state index in [1.165, 1.54) is 11.8 Å². The molecule has 2 aromatic rings. The van der Waals surface area contributed by atoms with Crippen molar-refractivity contribution in [1.82, 2.24) is 0 Å². The summed E-state index contributed by atoms with van der Waals surface area (Å²) in [5.74, 6) is -1.35. The van der Waals surface area contributed by atoms with Crippen molar-refractivity contribution in [3.63, 3.8) is 0 Å². The minimum atomic E-state index is -1.02. The van der Waals surface area contributed by atoms with Crippen LogP contribution < -0.4 is 10.6 Å². The van der Waals surface area contributed by atoms with Gasteiger partial charge in [-0.1, -0.05) is 23.7 Å². The van der Waals surface area contributed by atoms with Crippen molar-refractivity contribution in [2.75, 3.05) is 16.4 Å². The third kappa shape index (κ3) is 7.32. The molecule has 0 atom stereocenters. The fourth-order valence-electron chi connectivity index (χ4n) is 2.17. The molecular formula is C19H19ClN2O4S. The fraction of sp³-hybridized carbons (Fsp3) is 0.211. The number of hydrogen-bond acceptors (Lipinski definition) is 4. The summed E-state index contributed by atoms with van der Waals surface area (Å²) < 4.78 is 0. The topological polar surface area (TPSA) is 95.5 Å². The predicted octanol–water partition coefficient (Wildman–Crippen LogP) is 4.18. The van der Waals surface area contributed by atoms with Crippen LogP contribution in [0.4, 0.5) is 11.4 Å². The molecule has 0 fully saturated rings. The second-order valence-electron chi connectivity index (χ2n) is 5.77. The van der Waals surface area contributed by atoms with E-state index >= 15 is 0 Å². The molecule has 27 heavy (non-hydrogen) atoms. The Morgan fingerprint density at radius 1 is 1.04 bits per heavy atom. The fourth-order valence-corrected chi connectivity index (χ4v) is 3.10. The van der Waals surface area contributed by atoms with Gasteiger partial charge in [-0.05, 0) is 42.8 Å². The molecule has 6 nitrogen and oxygen atoms in total. The molecule has 3 N–H and O–H groups in total. The monoisotopic (exact) mass is 406 g/mol. The van der Waals surface area contributed by atoms with E-state index < -0.39 is 5.97 Å². The minimum absolute atomic E-state index is 0.0892. The first-order valence-corrected chi connectivity index (χ1v) is 9.50. The Kier molecular flexibility index (Phi) is 7.69. The highest BCUT2D eigenvalue weighted by atomic mass is 35.5. The van der Waals surface area contributed by atoms with Gasteiger partial charge in [0.05, 0.1) is 12.2 Å². The number of amides is 2. The number of halogens is 1. The average Bonchev–Trinajstić information content (AvgIpc) is 2.62. The molecule has 0 aromatic heterocycles. The van der Waals surface area contributed by atoms with Crippen molar-refractivity contribution in [2.45, 2.75) is 24.7 Å². The van der Waals surface area contributed by atoms with Crippen molar-refractivity contribution in [2.24, 2.45) is 0 Å². The van der Waals surface area contributed by atoms with Crippen LogP contribution >= 0.6 is 23.4 Å². The third-order valence-electron chi connectivity index (χ3n) is 3.53. The number of hydrogen-bond donors (Lipinski definition) is 3. The van der Waals surface area contributed by atoms with Gasteiger partial charge in [0.25, 0.3) is 0 Å². The van der Waals surface area contributed by atoms with Gasteiger partial charge >= 0.3 is 5.97 Å². The van der Waals surface area contributed by atoms with Gasteiger partial charge in [-0.3, -0.25) is 14.4 Å². The first-order chi connectivity index (χ1) is 12.8. The summed E-state index contributed by atoms with van der Waals surface area (Å²) in [7, 11) is 0. The average molecular weight is 407 g/mol. The first-order valence-electron chi connectivity index (χ1n) is 8.14. The van der Waals surface area contributed by atoms with Crippen LogP contribution in [-0.2, 0) is 14.4 Å². The van der Waals surface area contributed by atoms with Gasteiger partial charge < -0.3 is 15.7 Å². The number of benzene rings is 2. The SMILES string of the molecule is Cc1ccc(Cl)cc1NC(=O)CSc1cccc(NC(=O)CCC(=O)O)c1. The molecule has 0 saturated carbocycles. The zero-order valence-corrected chi connectivity index (χ0v) is 16.2. The van der Waals surface area contributed by atoms with E-state index in [4.69, 9.17) is 16.7 Å². The smallest absolute Gasteiger partial charge is 0.303 e. The van der Waals surface area contributed by atoms with Gasteiger partial charge in [0.2, 0.25) is 11.8 Å². The molecule has 2 amide bonds. The van der Waals surface area contributed by atoms with Crippen LogP contribution in [0.1, 0.15) is 18.4 Å². The molecule has 0 aliphatic heterocycles. The molecule has 142 valence electrons. The summed E-state index contributed by atoms with van der Waals surface area (Å²) in [5.41, 5.74) is 2.15. The zero-order valence-electron chi connectivity index (χ0n) is 14.6. The van der Waals surface area contributed by atoms with Gasteiger partial charge in [0, 0.05) is 27.7 Å². The number of nitrogens with one attached hydrogen (secondary N) is 2. The number of rotatable bonds is 8. The van der Waals surface area contributed by atoms with Crippen molar-refractivity contribution in [3.8, 4) is 0 Å². The lowest BCUT2D eigenvalue weighted by atomic mass is 10.2. The van der Waals surface area contributed by atoms with Gasteiger partial charge in [-0.15, -0.1) is 11.8 Å². The molecule has 8 heteroatoms. The minimum Gasteiger partial charge on any atom is -0.481 e. The van der Waals surface area contributed by atoms with Gasteiger partial charge in [-0.2, -0.15) is 0 Å². The number of carboxylic acids is 1. The third-order valence-corrected chi connectivity index (χ3v) is 4.76. The summed E-state index contributed by atoms with van der Waals surface area (Å²) in [6.45, 7) is 1.88. The highest BCUT2D eigenvalue weighted by Crippen LogP contribution is 2.24. The Morgan fingerprint density at radius 2 is 1.81 bits per heavy atom. The number of aliphatic carboxylic acids is 1. The van der Waals surface area contributed by atoms with E-state index in [2.05, 4.69) is 10.6 Å². The van der Waals surface area contributed by atoms with Gasteiger partial charge in [0.1, 0.15) is 0 Å². The van der Waals surface area contributed by atoms with Crippen LogP contribution in [0.25, 0.3) is 0 Å². The summed E-state index contributed by atoms with van der Waals surface area (Å²) in [5, 5.41) is 14.6. The lowest BCUT2D eigenvalue weighted by molar-refractivity contribution is -0.138. The van der Waals surface area contributed by atoms with E-state index in [0.29, 0.717) is 16.4 Å². The van der Waals surface area contributed by atoms with Crippen molar-refractivity contribution in [1.29, 1.82) is 0 Å². The van der Waals surface area contributed by atoms with E-state index in [0.717, 1.165) is 10.5 Å². The normalized spacial score (nSPS) is 10.3. The molecule has 0 radical (unpaired) electrons. The van der Waals surface area contributed by atoms with Crippen molar-refractivity contribution >= 4 is 52.5 Å². The Bertz CT molecular complexity index is 857. The van der Waals surface area contributed by atoms with E-state index in [9.17, 15) is 14.4 Å². The van der Waals surface area contributed by atoms with Crippen LogP contribution in [0, 0.1) is 6.92 Å². The van der Waals surface area contributed by atoms with Crippen LogP contribution in [0.3, 0.4) is 0 Å². The molecular weight excluding hydrogens is 388 g/mol. The highest BCUT2D eigenvalue weighted by molar-refractivity contribution is 8.00. The summed E-state index contributed by atoms with van der Waals surface area (Å²) in [6, 6.07) is 12.3. The number of carbonyl (C=O) groups excluding carboxylic acids is 2. The first kappa shape index (κ1) is 20.8. The van der Waals surface area contributed by atoms with E-state index in [-0.39, 0.29) is 30.4 Å². The predicted molar refractivity (Wildman–Crippen MR) is 107 cm³/mol. The summed E-state index contributed by atoms with van der Waals surface area (Å²) in [6.07, 6.45) is -0.308. The van der Waals surface area contributed by atoms with Gasteiger partial charge in [0.15, 0.2) is 0 Å². The van der Waals surface area contributed by atoms with Crippen molar-refractivity contribution in [3.05, 3.63) is 53.1 Å². The quantitative estimate of drug-likeness (QED) is 0.571. The molecule has 0 aliphatic carbocycles. The van der Waals surface area contributed by atoms with Crippen LogP contribution in [-0.4, -0.2) is 28.6 Å². The molecule has 2 aromatic carbocycles. The standard InChI is InChI=1S/C19H19ClN2O4S/c1-12-5-6-13(20)9-16(12)22-18(24)11-27-15-4-2-3-14(10-15)21-17(23)7-8-19(25)26/h2-6,9-10H,7-8,11H2,1H3,(H,21,23)(H,22,24)(H,25,26). The number of anilines is 2. The van der Waals surface area contributed by atoms with Crippen LogP contribution in [0.2, 0.25) is 5.02 Å². The second kappa shape index (κ2) is 9.99. The molecule has 0 unspecified atom stereocenters. The molecule has 0 heterocycles. The number of aryl methyl sites for hydroxylation is 1. The van der Waals surface area contributed by atoms with Crippen molar-refractivity contribution < 1.29 is 19.5 Å². The summed E-state index contributed by atoms with van der Waals surface area (Å²) >= 11 is 7.28. The Hall–Kier alpha value is -2.51. The number of carboxylic acid groups (broad SMARTS) is 1. The molecule has 0 bridgehead atoms. The molecule has 2 rings (SSSR count). The maximum atomic E-state index is 12.2.